The van der Waals surface area contributed by atoms with Crippen LogP contribution >= 0.6 is 23.1 Å². The van der Waals surface area contributed by atoms with Gasteiger partial charge in [0.2, 0.25) is 0 Å². The molecule has 3 heterocycles. The van der Waals surface area contributed by atoms with Crippen molar-refractivity contribution in [2.24, 2.45) is 5.92 Å². The number of hydrogen-bond donors (Lipinski definition) is 2. The first-order valence-electron chi connectivity index (χ1n) is 9.52. The SMILES string of the molecule is Cc1csc(Nc2ncc(SCC3CCNCC3)cc2Oc2ccccc2)n1. The molecule has 0 radical (unpaired) electrons. The highest BCUT2D eigenvalue weighted by molar-refractivity contribution is 7.99. The largest absolute Gasteiger partial charge is 0.453 e. The lowest BCUT2D eigenvalue weighted by molar-refractivity contribution is 0.408. The molecule has 0 unspecified atom stereocenters. The summed E-state index contributed by atoms with van der Waals surface area (Å²) in [5.41, 5.74) is 0.993. The fourth-order valence-electron chi connectivity index (χ4n) is 3.07. The first-order valence-corrected chi connectivity index (χ1v) is 11.4. The van der Waals surface area contributed by atoms with Gasteiger partial charge in [0.1, 0.15) is 5.75 Å². The summed E-state index contributed by atoms with van der Waals surface area (Å²) in [6.07, 6.45) is 4.42. The van der Waals surface area contributed by atoms with Crippen LogP contribution < -0.4 is 15.4 Å². The first kappa shape index (κ1) is 19.2. The summed E-state index contributed by atoms with van der Waals surface area (Å²) in [6.45, 7) is 4.24. The van der Waals surface area contributed by atoms with Gasteiger partial charge in [0, 0.05) is 22.2 Å². The molecule has 0 atom stereocenters. The maximum Gasteiger partial charge on any atom is 0.188 e. The number of thioether (sulfide) groups is 1. The molecule has 1 aliphatic rings. The van der Waals surface area contributed by atoms with Crippen LogP contribution in [0.4, 0.5) is 10.9 Å². The molecule has 1 saturated heterocycles. The number of nitrogens with one attached hydrogen (secondary N) is 2. The average molecular weight is 413 g/mol. The van der Waals surface area contributed by atoms with Crippen molar-refractivity contribution >= 4 is 34.0 Å². The number of ether oxygens (including phenoxy) is 1. The van der Waals surface area contributed by atoms with Gasteiger partial charge >= 0.3 is 0 Å². The van der Waals surface area contributed by atoms with E-state index in [-0.39, 0.29) is 0 Å². The number of hydrogen-bond acceptors (Lipinski definition) is 7. The van der Waals surface area contributed by atoms with Gasteiger partial charge in [-0.1, -0.05) is 18.2 Å². The number of nitrogens with zero attached hydrogens (tertiary/aromatic N) is 2. The smallest absolute Gasteiger partial charge is 0.188 e. The van der Waals surface area contributed by atoms with Crippen LogP contribution in [0.15, 0.2) is 52.9 Å². The van der Waals surface area contributed by atoms with Crippen molar-refractivity contribution in [1.29, 1.82) is 0 Å². The Morgan fingerprint density at radius 3 is 2.82 bits per heavy atom. The highest BCUT2D eigenvalue weighted by Gasteiger charge is 2.15. The minimum atomic E-state index is 0.685. The first-order chi connectivity index (χ1) is 13.8. The molecule has 1 fully saturated rings. The second kappa shape index (κ2) is 9.41. The van der Waals surface area contributed by atoms with Crippen LogP contribution in [0.3, 0.4) is 0 Å². The van der Waals surface area contributed by atoms with Crippen molar-refractivity contribution in [3.05, 3.63) is 53.7 Å². The van der Waals surface area contributed by atoms with Crippen LogP contribution in [0.1, 0.15) is 18.5 Å². The molecule has 2 aromatic heterocycles. The van der Waals surface area contributed by atoms with E-state index in [4.69, 9.17) is 4.74 Å². The summed E-state index contributed by atoms with van der Waals surface area (Å²) >= 11 is 3.42. The molecule has 28 heavy (non-hydrogen) atoms. The van der Waals surface area contributed by atoms with Crippen LogP contribution in [0.2, 0.25) is 0 Å². The fourth-order valence-corrected chi connectivity index (χ4v) is 4.83. The third kappa shape index (κ3) is 5.25. The van der Waals surface area contributed by atoms with E-state index in [1.165, 1.54) is 12.8 Å². The van der Waals surface area contributed by atoms with Crippen LogP contribution in [0, 0.1) is 12.8 Å². The van der Waals surface area contributed by atoms with E-state index in [1.807, 2.05) is 60.6 Å². The second-order valence-corrected chi connectivity index (χ2v) is 8.81. The molecule has 0 saturated carbocycles. The van der Waals surface area contributed by atoms with Gasteiger partial charge in [-0.05, 0) is 57.0 Å². The lowest BCUT2D eigenvalue weighted by Gasteiger charge is -2.22. The number of pyridine rings is 1. The van der Waals surface area contributed by atoms with E-state index >= 15 is 0 Å². The van der Waals surface area contributed by atoms with Crippen LogP contribution in [-0.2, 0) is 0 Å². The Morgan fingerprint density at radius 1 is 1.25 bits per heavy atom. The Labute approximate surface area is 174 Å². The molecule has 7 heteroatoms. The average Bonchev–Trinajstić information content (AvgIpc) is 3.14. The molecular formula is C21H24N4OS2. The van der Waals surface area contributed by atoms with Gasteiger partial charge in [0.15, 0.2) is 16.7 Å². The Balaban J connectivity index is 1.52. The van der Waals surface area contributed by atoms with Gasteiger partial charge < -0.3 is 15.4 Å². The molecule has 2 N–H and O–H groups in total. The maximum absolute atomic E-state index is 6.15. The normalized spacial score (nSPS) is 14.8. The number of para-hydroxylation sites is 1. The Kier molecular flexibility index (Phi) is 6.46. The molecule has 1 aliphatic heterocycles. The summed E-state index contributed by atoms with van der Waals surface area (Å²) in [5, 5.41) is 9.56. The summed E-state index contributed by atoms with van der Waals surface area (Å²) < 4.78 is 6.15. The van der Waals surface area contributed by atoms with Crippen molar-refractivity contribution in [2.45, 2.75) is 24.7 Å². The molecule has 5 nitrogen and oxygen atoms in total. The molecule has 0 amide bonds. The van der Waals surface area contributed by atoms with Gasteiger partial charge in [-0.3, -0.25) is 0 Å². The highest BCUT2D eigenvalue weighted by Crippen LogP contribution is 2.35. The standard InChI is InChI=1S/C21H24N4OS2/c1-15-13-28-21(24-15)25-20-19(26-17-5-3-2-4-6-17)11-18(12-23-20)27-14-16-7-9-22-10-8-16/h2-6,11-13,16,22H,7-10,14H2,1H3,(H,23,24,25). The third-order valence-electron chi connectivity index (χ3n) is 4.59. The van der Waals surface area contributed by atoms with Crippen molar-refractivity contribution in [3.8, 4) is 11.5 Å². The monoisotopic (exact) mass is 412 g/mol. The van der Waals surface area contributed by atoms with Gasteiger partial charge in [-0.2, -0.15) is 0 Å². The zero-order valence-corrected chi connectivity index (χ0v) is 17.5. The van der Waals surface area contributed by atoms with Crippen molar-refractivity contribution in [2.75, 3.05) is 24.2 Å². The van der Waals surface area contributed by atoms with Crippen LogP contribution in [-0.4, -0.2) is 28.8 Å². The lowest BCUT2D eigenvalue weighted by Crippen LogP contribution is -2.28. The maximum atomic E-state index is 6.15. The zero-order valence-electron chi connectivity index (χ0n) is 15.9. The van der Waals surface area contributed by atoms with Gasteiger partial charge in [0.05, 0.1) is 5.69 Å². The Morgan fingerprint density at radius 2 is 2.07 bits per heavy atom. The van der Waals surface area contributed by atoms with Crippen molar-refractivity contribution < 1.29 is 4.74 Å². The number of aromatic nitrogens is 2. The minimum absolute atomic E-state index is 0.685. The number of thiazole rings is 1. The fraction of sp³-hybridized carbons (Fsp3) is 0.333. The number of piperidine rings is 1. The van der Waals surface area contributed by atoms with E-state index in [0.29, 0.717) is 5.82 Å². The molecular weight excluding hydrogens is 388 g/mol. The van der Waals surface area contributed by atoms with E-state index in [9.17, 15) is 0 Å². The molecule has 146 valence electrons. The number of anilines is 2. The van der Waals surface area contributed by atoms with E-state index in [1.54, 1.807) is 11.3 Å². The third-order valence-corrected chi connectivity index (χ3v) is 6.66. The highest BCUT2D eigenvalue weighted by atomic mass is 32.2. The van der Waals surface area contributed by atoms with Gasteiger partial charge in [-0.15, -0.1) is 23.1 Å². The predicted octanol–water partition coefficient (Wildman–Crippen LogP) is 5.47. The minimum Gasteiger partial charge on any atom is -0.453 e. The topological polar surface area (TPSA) is 59.1 Å². The van der Waals surface area contributed by atoms with E-state index in [2.05, 4.69) is 26.7 Å². The molecule has 1 aromatic carbocycles. The van der Waals surface area contributed by atoms with Gasteiger partial charge in [0.25, 0.3) is 0 Å². The Hall–Kier alpha value is -2.09. The summed E-state index contributed by atoms with van der Waals surface area (Å²) in [4.78, 5) is 10.2. The van der Waals surface area contributed by atoms with Crippen molar-refractivity contribution in [3.63, 3.8) is 0 Å². The number of rotatable bonds is 7. The molecule has 0 bridgehead atoms. The summed E-state index contributed by atoms with van der Waals surface area (Å²) in [7, 11) is 0. The van der Waals surface area contributed by atoms with Crippen molar-refractivity contribution in [1.82, 2.24) is 15.3 Å². The number of benzene rings is 1. The quantitative estimate of drug-likeness (QED) is 0.502. The molecule has 3 aromatic rings. The van der Waals surface area contributed by atoms with Crippen LogP contribution in [0.25, 0.3) is 0 Å². The predicted molar refractivity (Wildman–Crippen MR) is 117 cm³/mol. The van der Waals surface area contributed by atoms with Crippen LogP contribution in [0.5, 0.6) is 11.5 Å². The van der Waals surface area contributed by atoms with E-state index < -0.39 is 0 Å². The second-order valence-electron chi connectivity index (χ2n) is 6.86. The zero-order chi connectivity index (χ0) is 19.2. The number of aryl methyl sites for hydroxylation is 1. The Bertz CT molecular complexity index is 894. The van der Waals surface area contributed by atoms with E-state index in [0.717, 1.165) is 52.0 Å². The lowest BCUT2D eigenvalue weighted by atomic mass is 10.0. The molecule has 4 rings (SSSR count). The summed E-state index contributed by atoms with van der Waals surface area (Å²) in [5.74, 6) is 4.08. The molecule has 0 spiro atoms. The van der Waals surface area contributed by atoms with Gasteiger partial charge in [-0.25, -0.2) is 9.97 Å². The summed E-state index contributed by atoms with van der Waals surface area (Å²) in [6, 6.07) is 11.9. The molecule has 0 aliphatic carbocycles.